The summed E-state index contributed by atoms with van der Waals surface area (Å²) in [5.74, 6) is 0. The Labute approximate surface area is 89.7 Å². The molecular formula is C10H10F3N3. The van der Waals surface area contributed by atoms with E-state index in [1.165, 1.54) is 16.7 Å². The zero-order valence-corrected chi connectivity index (χ0v) is 8.33. The molecule has 0 aliphatic carbocycles. The monoisotopic (exact) mass is 229 g/mol. The fourth-order valence-corrected chi connectivity index (χ4v) is 1.55. The van der Waals surface area contributed by atoms with Crippen molar-refractivity contribution in [1.29, 1.82) is 0 Å². The Morgan fingerprint density at radius 1 is 1.38 bits per heavy atom. The summed E-state index contributed by atoms with van der Waals surface area (Å²) >= 11 is 0. The lowest BCUT2D eigenvalue weighted by atomic mass is 10.2. The van der Waals surface area contributed by atoms with Gasteiger partial charge in [-0.1, -0.05) is 0 Å². The Morgan fingerprint density at radius 3 is 2.75 bits per heavy atom. The lowest BCUT2D eigenvalue weighted by Crippen LogP contribution is -2.07. The van der Waals surface area contributed by atoms with Crippen LogP contribution in [0.2, 0.25) is 0 Å². The van der Waals surface area contributed by atoms with Crippen molar-refractivity contribution in [2.45, 2.75) is 12.6 Å². The number of fused-ring (bicyclic) bond motifs is 1. The molecule has 3 nitrogen and oxygen atoms in total. The van der Waals surface area contributed by atoms with Crippen molar-refractivity contribution in [1.82, 2.24) is 9.38 Å². The van der Waals surface area contributed by atoms with Gasteiger partial charge in [-0.15, -0.1) is 0 Å². The zero-order chi connectivity index (χ0) is 11.8. The fourth-order valence-electron chi connectivity index (χ4n) is 1.55. The molecule has 0 aliphatic heterocycles. The van der Waals surface area contributed by atoms with Gasteiger partial charge in [-0.2, -0.15) is 13.2 Å². The second-order valence-corrected chi connectivity index (χ2v) is 3.42. The molecule has 0 saturated carbocycles. The third-order valence-corrected chi connectivity index (χ3v) is 2.24. The van der Waals surface area contributed by atoms with E-state index in [-0.39, 0.29) is 5.65 Å². The molecule has 0 bridgehead atoms. The van der Waals surface area contributed by atoms with E-state index in [4.69, 9.17) is 5.73 Å². The Morgan fingerprint density at radius 2 is 2.12 bits per heavy atom. The highest BCUT2D eigenvalue weighted by Crippen LogP contribution is 2.31. The van der Waals surface area contributed by atoms with Gasteiger partial charge in [0.05, 0.1) is 11.3 Å². The maximum Gasteiger partial charge on any atom is 0.419 e. The number of nitrogens with two attached hydrogens (primary N) is 1. The average Bonchev–Trinajstić information content (AvgIpc) is 2.58. The van der Waals surface area contributed by atoms with E-state index in [9.17, 15) is 13.2 Å². The first-order chi connectivity index (χ1) is 7.52. The van der Waals surface area contributed by atoms with Crippen LogP contribution in [0.15, 0.2) is 24.5 Å². The summed E-state index contributed by atoms with van der Waals surface area (Å²) in [5.41, 5.74) is 5.11. The molecule has 2 rings (SSSR count). The summed E-state index contributed by atoms with van der Waals surface area (Å²) in [6.45, 7) is 0.366. The average molecular weight is 229 g/mol. The van der Waals surface area contributed by atoms with Crippen LogP contribution in [0.25, 0.3) is 5.65 Å². The number of nitrogens with zero attached hydrogens (tertiary/aromatic N) is 2. The Hall–Kier alpha value is -1.56. The number of rotatable bonds is 2. The van der Waals surface area contributed by atoms with Crippen LogP contribution in [-0.4, -0.2) is 15.9 Å². The highest BCUT2D eigenvalue weighted by atomic mass is 19.4. The molecule has 16 heavy (non-hydrogen) atoms. The lowest BCUT2D eigenvalue weighted by Gasteiger charge is -2.06. The molecule has 0 saturated heterocycles. The number of alkyl halides is 3. The fraction of sp³-hybridized carbons (Fsp3) is 0.300. The minimum absolute atomic E-state index is 0.0709. The normalized spacial score (nSPS) is 12.2. The van der Waals surface area contributed by atoms with Gasteiger partial charge in [-0.05, 0) is 18.7 Å². The standard InChI is InChI=1S/C10H10F3N3/c11-10(12,13)8-2-1-5-16-6-7(3-4-14)15-9(8)16/h1-2,5-6H,3-4,14H2. The first kappa shape index (κ1) is 10.9. The van der Waals surface area contributed by atoms with Crippen molar-refractivity contribution in [2.24, 2.45) is 5.73 Å². The van der Waals surface area contributed by atoms with Crippen molar-refractivity contribution < 1.29 is 13.2 Å². The molecule has 2 heterocycles. The molecule has 2 aromatic heterocycles. The SMILES string of the molecule is NCCc1cn2cccc(C(F)(F)F)c2n1. The van der Waals surface area contributed by atoms with Gasteiger partial charge in [-0.25, -0.2) is 4.98 Å². The molecule has 0 fully saturated rings. The number of hydrogen-bond acceptors (Lipinski definition) is 2. The predicted octanol–water partition coefficient (Wildman–Crippen LogP) is 1.85. The molecule has 2 aromatic rings. The van der Waals surface area contributed by atoms with E-state index >= 15 is 0 Å². The smallest absolute Gasteiger partial charge is 0.330 e. The minimum atomic E-state index is -4.38. The van der Waals surface area contributed by atoms with Gasteiger partial charge >= 0.3 is 6.18 Å². The lowest BCUT2D eigenvalue weighted by molar-refractivity contribution is -0.136. The van der Waals surface area contributed by atoms with E-state index in [2.05, 4.69) is 4.98 Å². The van der Waals surface area contributed by atoms with Crippen LogP contribution in [0, 0.1) is 0 Å². The van der Waals surface area contributed by atoms with Crippen LogP contribution in [0.3, 0.4) is 0 Å². The van der Waals surface area contributed by atoms with Gasteiger partial charge in [-0.3, -0.25) is 0 Å². The molecule has 6 heteroatoms. The van der Waals surface area contributed by atoms with Crippen LogP contribution in [-0.2, 0) is 12.6 Å². The van der Waals surface area contributed by atoms with Crippen LogP contribution in [0.4, 0.5) is 13.2 Å². The zero-order valence-electron chi connectivity index (χ0n) is 8.33. The number of halogens is 3. The third kappa shape index (κ3) is 1.88. The molecule has 0 spiro atoms. The van der Waals surface area contributed by atoms with E-state index in [0.29, 0.717) is 18.7 Å². The molecule has 0 aliphatic rings. The van der Waals surface area contributed by atoms with Crippen LogP contribution in [0.5, 0.6) is 0 Å². The van der Waals surface area contributed by atoms with E-state index in [1.54, 1.807) is 6.20 Å². The molecular weight excluding hydrogens is 219 g/mol. The van der Waals surface area contributed by atoms with Crippen LogP contribution >= 0.6 is 0 Å². The molecule has 0 aromatic carbocycles. The summed E-state index contributed by atoms with van der Waals surface area (Å²) in [5, 5.41) is 0. The summed E-state index contributed by atoms with van der Waals surface area (Å²) < 4.78 is 39.3. The largest absolute Gasteiger partial charge is 0.419 e. The van der Waals surface area contributed by atoms with Crippen molar-refractivity contribution in [3.63, 3.8) is 0 Å². The number of imidazole rings is 1. The van der Waals surface area contributed by atoms with Gasteiger partial charge in [0.25, 0.3) is 0 Å². The summed E-state index contributed by atoms with van der Waals surface area (Å²) in [6, 6.07) is 2.37. The van der Waals surface area contributed by atoms with Crippen molar-refractivity contribution in [2.75, 3.05) is 6.54 Å². The maximum atomic E-state index is 12.6. The molecule has 0 unspecified atom stereocenters. The minimum Gasteiger partial charge on any atom is -0.330 e. The first-order valence-corrected chi connectivity index (χ1v) is 4.76. The van der Waals surface area contributed by atoms with Gasteiger partial charge in [0, 0.05) is 18.8 Å². The van der Waals surface area contributed by atoms with E-state index < -0.39 is 11.7 Å². The Bertz CT molecular complexity index is 501. The number of aromatic nitrogens is 2. The third-order valence-electron chi connectivity index (χ3n) is 2.24. The highest BCUT2D eigenvalue weighted by Gasteiger charge is 2.33. The maximum absolute atomic E-state index is 12.6. The van der Waals surface area contributed by atoms with Gasteiger partial charge in [0.15, 0.2) is 0 Å². The van der Waals surface area contributed by atoms with Crippen LogP contribution in [0.1, 0.15) is 11.3 Å². The molecule has 86 valence electrons. The van der Waals surface area contributed by atoms with Gasteiger partial charge in [0.1, 0.15) is 5.65 Å². The summed E-state index contributed by atoms with van der Waals surface area (Å²) in [4.78, 5) is 3.93. The van der Waals surface area contributed by atoms with E-state index in [0.717, 1.165) is 6.07 Å². The number of hydrogen-bond donors (Lipinski definition) is 1. The molecule has 0 radical (unpaired) electrons. The van der Waals surface area contributed by atoms with Crippen molar-refractivity contribution in [3.8, 4) is 0 Å². The second-order valence-electron chi connectivity index (χ2n) is 3.42. The van der Waals surface area contributed by atoms with E-state index in [1.807, 2.05) is 0 Å². The Balaban J connectivity index is 2.59. The highest BCUT2D eigenvalue weighted by molar-refractivity contribution is 5.50. The summed E-state index contributed by atoms with van der Waals surface area (Å²) in [7, 11) is 0. The molecule has 2 N–H and O–H groups in total. The number of pyridine rings is 1. The molecule has 0 amide bonds. The van der Waals surface area contributed by atoms with Crippen LogP contribution < -0.4 is 5.73 Å². The van der Waals surface area contributed by atoms with Gasteiger partial charge < -0.3 is 10.1 Å². The quantitative estimate of drug-likeness (QED) is 0.854. The van der Waals surface area contributed by atoms with Crippen molar-refractivity contribution in [3.05, 3.63) is 35.8 Å². The second kappa shape index (κ2) is 3.79. The predicted molar refractivity (Wildman–Crippen MR) is 53.0 cm³/mol. The first-order valence-electron chi connectivity index (χ1n) is 4.76. The van der Waals surface area contributed by atoms with Crippen molar-refractivity contribution >= 4 is 5.65 Å². The Kier molecular flexibility index (Phi) is 2.59. The molecule has 0 atom stereocenters. The topological polar surface area (TPSA) is 43.3 Å². The summed E-state index contributed by atoms with van der Waals surface area (Å²) in [6.07, 6.45) is -0.804. The van der Waals surface area contributed by atoms with Gasteiger partial charge in [0.2, 0.25) is 0 Å².